The second-order valence-electron chi connectivity index (χ2n) is 11.3. The van der Waals surface area contributed by atoms with Crippen molar-refractivity contribution in [2.75, 3.05) is 36.5 Å². The molecule has 0 atom stereocenters. The first-order valence-electron chi connectivity index (χ1n) is 13.5. The molecular formula is C28H38FN5O4S. The van der Waals surface area contributed by atoms with Crippen LogP contribution in [0.3, 0.4) is 0 Å². The normalized spacial score (nSPS) is 16.7. The molecule has 0 unspecified atom stereocenters. The van der Waals surface area contributed by atoms with Crippen molar-refractivity contribution in [2.45, 2.75) is 70.9 Å². The van der Waals surface area contributed by atoms with E-state index in [2.05, 4.69) is 25.8 Å². The topological polar surface area (TPSA) is 113 Å². The van der Waals surface area contributed by atoms with Gasteiger partial charge in [-0.15, -0.1) is 0 Å². The van der Waals surface area contributed by atoms with E-state index in [1.165, 1.54) is 23.5 Å². The van der Waals surface area contributed by atoms with Crippen LogP contribution in [0, 0.1) is 11.7 Å². The third kappa shape index (κ3) is 7.33. The molecule has 39 heavy (non-hydrogen) atoms. The van der Waals surface area contributed by atoms with E-state index in [-0.39, 0.29) is 11.7 Å². The molecule has 9 nitrogen and oxygen atoms in total. The SMILES string of the molecule is CC(C)(NC(=O)CC1CCCC1)C(=O)NC(C)(C)C(=O)Nc1nc(-c2ccc(F)cc2)c(N2CCOCC2)s1. The lowest BCUT2D eigenvalue weighted by Gasteiger charge is -2.31. The van der Waals surface area contributed by atoms with E-state index < -0.39 is 22.9 Å². The molecule has 1 aliphatic carbocycles. The van der Waals surface area contributed by atoms with Crippen molar-refractivity contribution < 1.29 is 23.5 Å². The fraction of sp³-hybridized carbons (Fsp3) is 0.571. The van der Waals surface area contributed by atoms with Crippen LogP contribution in [0.1, 0.15) is 59.8 Å². The summed E-state index contributed by atoms with van der Waals surface area (Å²) < 4.78 is 19.0. The summed E-state index contributed by atoms with van der Waals surface area (Å²) in [6.45, 7) is 8.98. The molecule has 2 aliphatic rings. The Kier molecular flexibility index (Phi) is 8.90. The van der Waals surface area contributed by atoms with Crippen molar-refractivity contribution in [3.63, 3.8) is 0 Å². The third-order valence-corrected chi connectivity index (χ3v) is 8.24. The molecule has 212 valence electrons. The molecule has 11 heteroatoms. The van der Waals surface area contributed by atoms with Crippen LogP contribution in [-0.4, -0.2) is 60.1 Å². The number of hydrogen-bond acceptors (Lipinski definition) is 7. The number of amides is 3. The van der Waals surface area contributed by atoms with Crippen LogP contribution in [0.2, 0.25) is 0 Å². The van der Waals surface area contributed by atoms with Gasteiger partial charge < -0.3 is 20.3 Å². The summed E-state index contributed by atoms with van der Waals surface area (Å²) in [5, 5.41) is 9.67. The lowest BCUT2D eigenvalue weighted by atomic mass is 9.97. The van der Waals surface area contributed by atoms with Crippen LogP contribution >= 0.6 is 11.3 Å². The quantitative estimate of drug-likeness (QED) is 0.427. The molecule has 1 saturated heterocycles. The van der Waals surface area contributed by atoms with E-state index in [4.69, 9.17) is 4.74 Å². The number of morpholine rings is 1. The van der Waals surface area contributed by atoms with Crippen molar-refractivity contribution in [1.29, 1.82) is 0 Å². The number of benzene rings is 1. The minimum atomic E-state index is -1.29. The Labute approximate surface area is 232 Å². The number of hydrogen-bond donors (Lipinski definition) is 3. The molecule has 1 aromatic heterocycles. The van der Waals surface area contributed by atoms with Crippen LogP contribution in [0.25, 0.3) is 11.3 Å². The van der Waals surface area contributed by atoms with Crippen LogP contribution in [-0.2, 0) is 19.1 Å². The first kappa shape index (κ1) is 28.9. The number of rotatable bonds is 9. The zero-order chi connectivity index (χ0) is 28.2. The summed E-state index contributed by atoms with van der Waals surface area (Å²) >= 11 is 1.32. The van der Waals surface area contributed by atoms with Crippen molar-refractivity contribution in [1.82, 2.24) is 15.6 Å². The molecule has 2 aromatic rings. The Bertz CT molecular complexity index is 1190. The predicted molar refractivity (Wildman–Crippen MR) is 150 cm³/mol. The predicted octanol–water partition coefficient (Wildman–Crippen LogP) is 4.09. The van der Waals surface area contributed by atoms with E-state index in [0.717, 1.165) is 36.2 Å². The lowest BCUT2D eigenvalue weighted by molar-refractivity contribution is -0.136. The molecule has 3 N–H and O–H groups in total. The number of anilines is 2. The Morgan fingerprint density at radius 1 is 1.00 bits per heavy atom. The molecule has 0 spiro atoms. The Morgan fingerprint density at radius 3 is 2.26 bits per heavy atom. The van der Waals surface area contributed by atoms with Crippen LogP contribution in [0.15, 0.2) is 24.3 Å². The number of thiazole rings is 1. The Morgan fingerprint density at radius 2 is 1.62 bits per heavy atom. The maximum absolute atomic E-state index is 13.6. The average molecular weight is 560 g/mol. The monoisotopic (exact) mass is 559 g/mol. The Balaban J connectivity index is 1.44. The van der Waals surface area contributed by atoms with Gasteiger partial charge >= 0.3 is 0 Å². The van der Waals surface area contributed by atoms with Gasteiger partial charge in [0.1, 0.15) is 27.6 Å². The van der Waals surface area contributed by atoms with Crippen LogP contribution in [0.5, 0.6) is 0 Å². The highest BCUT2D eigenvalue weighted by Crippen LogP contribution is 2.39. The number of nitrogens with zero attached hydrogens (tertiary/aromatic N) is 2. The molecule has 1 aromatic carbocycles. The molecule has 0 radical (unpaired) electrons. The maximum atomic E-state index is 13.6. The van der Waals surface area contributed by atoms with Crippen molar-refractivity contribution in [3.8, 4) is 11.3 Å². The van der Waals surface area contributed by atoms with Crippen molar-refractivity contribution in [2.24, 2.45) is 5.92 Å². The molecule has 1 aliphatic heterocycles. The summed E-state index contributed by atoms with van der Waals surface area (Å²) in [5.41, 5.74) is -1.10. The first-order valence-corrected chi connectivity index (χ1v) is 14.3. The van der Waals surface area contributed by atoms with Gasteiger partial charge in [0.2, 0.25) is 11.8 Å². The van der Waals surface area contributed by atoms with Gasteiger partial charge in [-0.2, -0.15) is 0 Å². The second kappa shape index (κ2) is 12.0. The fourth-order valence-electron chi connectivity index (χ4n) is 4.83. The first-order chi connectivity index (χ1) is 18.4. The van der Waals surface area contributed by atoms with E-state index in [9.17, 15) is 18.8 Å². The van der Waals surface area contributed by atoms with Crippen LogP contribution < -0.4 is 20.9 Å². The number of halogens is 1. The Hall–Kier alpha value is -3.05. The van der Waals surface area contributed by atoms with Crippen molar-refractivity contribution in [3.05, 3.63) is 30.1 Å². The number of aromatic nitrogens is 1. The average Bonchev–Trinajstić information content (AvgIpc) is 3.54. The van der Waals surface area contributed by atoms with Gasteiger partial charge in [0.05, 0.1) is 13.2 Å². The second-order valence-corrected chi connectivity index (χ2v) is 12.3. The number of carbonyl (C=O) groups is 3. The molecule has 0 bridgehead atoms. The summed E-state index contributed by atoms with van der Waals surface area (Å²) in [6, 6.07) is 6.08. The summed E-state index contributed by atoms with van der Waals surface area (Å²) in [7, 11) is 0. The van der Waals surface area contributed by atoms with Gasteiger partial charge in [0.15, 0.2) is 5.13 Å². The fourth-order valence-corrected chi connectivity index (χ4v) is 5.86. The molecule has 2 fully saturated rings. The van der Waals surface area contributed by atoms with Gasteiger partial charge in [-0.3, -0.25) is 19.7 Å². The number of ether oxygens (including phenoxy) is 1. The number of nitrogens with one attached hydrogen (secondary N) is 3. The van der Waals surface area contributed by atoms with Gasteiger partial charge in [0.25, 0.3) is 5.91 Å². The molecule has 3 amide bonds. The summed E-state index contributed by atoms with van der Waals surface area (Å²) in [4.78, 5) is 45.8. The molecule has 4 rings (SSSR count). The third-order valence-electron chi connectivity index (χ3n) is 7.21. The zero-order valence-corrected chi connectivity index (χ0v) is 23.9. The van der Waals surface area contributed by atoms with Crippen molar-refractivity contribution >= 4 is 39.2 Å². The highest BCUT2D eigenvalue weighted by molar-refractivity contribution is 7.20. The molecule has 1 saturated carbocycles. The molecule has 2 heterocycles. The van der Waals surface area contributed by atoms with Gasteiger partial charge in [-0.05, 0) is 70.7 Å². The summed E-state index contributed by atoms with van der Waals surface area (Å²) in [5.74, 6) is -1.03. The lowest BCUT2D eigenvalue weighted by Crippen LogP contribution is -2.62. The molecular weight excluding hydrogens is 521 g/mol. The summed E-state index contributed by atoms with van der Waals surface area (Å²) in [6.07, 6.45) is 4.78. The smallest absolute Gasteiger partial charge is 0.251 e. The van der Waals surface area contributed by atoms with E-state index in [1.807, 2.05) is 0 Å². The minimum Gasteiger partial charge on any atom is -0.378 e. The highest BCUT2D eigenvalue weighted by atomic mass is 32.1. The standard InChI is InChI=1S/C28H38FN5O4S/c1-27(2,33-25(37)28(3,4)32-21(35)17-18-7-5-6-8-18)24(36)31-26-30-22(19-9-11-20(29)12-10-19)23(39-26)34-13-15-38-16-14-34/h9-12,18H,5-8,13-17H2,1-4H3,(H,32,35)(H,33,37)(H,30,31,36). The number of carbonyl (C=O) groups excluding carboxylic acids is 3. The van der Waals surface area contributed by atoms with E-state index in [1.54, 1.807) is 39.8 Å². The minimum absolute atomic E-state index is 0.156. The van der Waals surface area contributed by atoms with Gasteiger partial charge in [-0.1, -0.05) is 24.2 Å². The van der Waals surface area contributed by atoms with E-state index in [0.29, 0.717) is 49.5 Å². The van der Waals surface area contributed by atoms with Gasteiger partial charge in [-0.25, -0.2) is 9.37 Å². The van der Waals surface area contributed by atoms with E-state index >= 15 is 0 Å². The van der Waals surface area contributed by atoms with Crippen LogP contribution in [0.4, 0.5) is 14.5 Å². The highest BCUT2D eigenvalue weighted by Gasteiger charge is 2.37. The maximum Gasteiger partial charge on any atom is 0.251 e. The van der Waals surface area contributed by atoms with Gasteiger partial charge in [0, 0.05) is 25.1 Å². The largest absolute Gasteiger partial charge is 0.378 e. The zero-order valence-electron chi connectivity index (χ0n) is 23.1.